The summed E-state index contributed by atoms with van der Waals surface area (Å²) in [5.74, 6) is -0.814. The van der Waals surface area contributed by atoms with Crippen LogP contribution in [0.4, 0.5) is 4.79 Å². The standard InChI is InChI=1S/C13H18N2O3S/c1-9(10-4-2-7-19-10)15-12(18)14-8-13(11(16)17)5-3-6-13/h2,4,7,9H,3,5-6,8H2,1H3,(H,16,17)(H2,14,15,18). The van der Waals surface area contributed by atoms with Gasteiger partial charge in [-0.25, -0.2) is 4.79 Å². The molecule has 1 heterocycles. The Bertz CT molecular complexity index is 454. The Labute approximate surface area is 116 Å². The summed E-state index contributed by atoms with van der Waals surface area (Å²) >= 11 is 1.58. The highest BCUT2D eigenvalue weighted by Gasteiger charge is 2.44. The van der Waals surface area contributed by atoms with Gasteiger partial charge in [0.15, 0.2) is 0 Å². The number of hydrogen-bond acceptors (Lipinski definition) is 3. The molecular formula is C13H18N2O3S. The maximum Gasteiger partial charge on any atom is 0.315 e. The molecule has 0 aliphatic heterocycles. The summed E-state index contributed by atoms with van der Waals surface area (Å²) in [6, 6.07) is 3.51. The number of carbonyl (C=O) groups excluding carboxylic acids is 1. The summed E-state index contributed by atoms with van der Waals surface area (Å²) < 4.78 is 0. The average Bonchev–Trinajstić information content (AvgIpc) is 2.80. The molecule has 1 aromatic rings. The Balaban J connectivity index is 1.80. The van der Waals surface area contributed by atoms with Gasteiger partial charge in [0.05, 0.1) is 11.5 Å². The van der Waals surface area contributed by atoms with Crippen molar-refractivity contribution in [3.63, 3.8) is 0 Å². The normalized spacial score (nSPS) is 18.2. The van der Waals surface area contributed by atoms with Gasteiger partial charge >= 0.3 is 12.0 Å². The van der Waals surface area contributed by atoms with E-state index in [4.69, 9.17) is 5.11 Å². The van der Waals surface area contributed by atoms with E-state index in [0.717, 1.165) is 11.3 Å². The molecule has 104 valence electrons. The lowest BCUT2D eigenvalue weighted by Gasteiger charge is -2.37. The first-order chi connectivity index (χ1) is 9.03. The van der Waals surface area contributed by atoms with Crippen LogP contribution >= 0.6 is 11.3 Å². The molecule has 1 unspecified atom stereocenters. The van der Waals surface area contributed by atoms with Crippen LogP contribution in [0.2, 0.25) is 0 Å². The highest BCUT2D eigenvalue weighted by molar-refractivity contribution is 7.10. The molecule has 0 radical (unpaired) electrons. The van der Waals surface area contributed by atoms with Crippen LogP contribution in [0.15, 0.2) is 17.5 Å². The van der Waals surface area contributed by atoms with Gasteiger partial charge in [0, 0.05) is 11.4 Å². The predicted molar refractivity (Wildman–Crippen MR) is 73.2 cm³/mol. The van der Waals surface area contributed by atoms with Crippen molar-refractivity contribution in [3.05, 3.63) is 22.4 Å². The minimum absolute atomic E-state index is 0.0674. The van der Waals surface area contributed by atoms with Crippen molar-refractivity contribution < 1.29 is 14.7 Å². The fourth-order valence-electron chi connectivity index (χ4n) is 2.18. The first kappa shape index (κ1) is 13.9. The zero-order chi connectivity index (χ0) is 13.9. The predicted octanol–water partition coefficient (Wildman–Crippen LogP) is 2.36. The Hall–Kier alpha value is -1.56. The first-order valence-electron chi connectivity index (χ1n) is 6.35. The zero-order valence-corrected chi connectivity index (χ0v) is 11.6. The van der Waals surface area contributed by atoms with Crippen LogP contribution in [0.1, 0.15) is 37.1 Å². The summed E-state index contributed by atoms with van der Waals surface area (Å²) in [5, 5.41) is 16.6. The molecule has 1 fully saturated rings. The highest BCUT2D eigenvalue weighted by atomic mass is 32.1. The van der Waals surface area contributed by atoms with Gasteiger partial charge in [-0.2, -0.15) is 0 Å². The number of carboxylic acid groups (broad SMARTS) is 1. The highest BCUT2D eigenvalue weighted by Crippen LogP contribution is 2.40. The summed E-state index contributed by atoms with van der Waals surface area (Å²) in [4.78, 5) is 24.0. The molecule has 0 bridgehead atoms. The van der Waals surface area contributed by atoms with Gasteiger partial charge in [-0.15, -0.1) is 11.3 Å². The van der Waals surface area contributed by atoms with Gasteiger partial charge in [-0.3, -0.25) is 4.79 Å². The minimum atomic E-state index is -0.814. The molecule has 3 N–H and O–H groups in total. The molecule has 0 aromatic carbocycles. The average molecular weight is 282 g/mol. The van der Waals surface area contributed by atoms with Gasteiger partial charge in [0.1, 0.15) is 0 Å². The van der Waals surface area contributed by atoms with E-state index in [2.05, 4.69) is 10.6 Å². The van der Waals surface area contributed by atoms with Gasteiger partial charge in [0.25, 0.3) is 0 Å². The van der Waals surface area contributed by atoms with Gasteiger partial charge in [-0.1, -0.05) is 12.5 Å². The molecule has 1 atom stereocenters. The van der Waals surface area contributed by atoms with Crippen molar-refractivity contribution >= 4 is 23.3 Å². The van der Waals surface area contributed by atoms with Crippen LogP contribution in [0.25, 0.3) is 0 Å². The molecule has 6 heteroatoms. The van der Waals surface area contributed by atoms with E-state index in [1.54, 1.807) is 11.3 Å². The molecule has 19 heavy (non-hydrogen) atoms. The fourth-order valence-corrected chi connectivity index (χ4v) is 2.91. The zero-order valence-electron chi connectivity index (χ0n) is 10.8. The van der Waals surface area contributed by atoms with Gasteiger partial charge in [0.2, 0.25) is 0 Å². The second-order valence-electron chi connectivity index (χ2n) is 5.00. The van der Waals surface area contributed by atoms with E-state index in [1.807, 2.05) is 24.4 Å². The molecule has 2 amide bonds. The van der Waals surface area contributed by atoms with Crippen molar-refractivity contribution in [2.45, 2.75) is 32.2 Å². The summed E-state index contributed by atoms with van der Waals surface area (Å²) in [6.45, 7) is 2.10. The van der Waals surface area contributed by atoms with E-state index in [-0.39, 0.29) is 18.6 Å². The molecule has 0 spiro atoms. The number of aliphatic carboxylic acids is 1. The van der Waals surface area contributed by atoms with Crippen molar-refractivity contribution in [1.29, 1.82) is 0 Å². The number of carbonyl (C=O) groups is 2. The van der Waals surface area contributed by atoms with Crippen LogP contribution in [-0.4, -0.2) is 23.7 Å². The molecule has 1 aliphatic rings. The van der Waals surface area contributed by atoms with E-state index in [9.17, 15) is 9.59 Å². The lowest BCUT2D eigenvalue weighted by atomic mass is 9.69. The SMILES string of the molecule is CC(NC(=O)NCC1(C(=O)O)CCC1)c1cccs1. The van der Waals surface area contributed by atoms with E-state index < -0.39 is 11.4 Å². The number of urea groups is 1. The van der Waals surface area contributed by atoms with Crippen molar-refractivity contribution in [2.24, 2.45) is 5.41 Å². The Morgan fingerprint density at radius 1 is 1.53 bits per heavy atom. The molecule has 1 aromatic heterocycles. The molecule has 2 rings (SSSR count). The smallest absolute Gasteiger partial charge is 0.315 e. The summed E-state index contributed by atoms with van der Waals surface area (Å²) in [5.41, 5.74) is -0.747. The van der Waals surface area contributed by atoms with Gasteiger partial charge in [-0.05, 0) is 31.2 Å². The number of amides is 2. The van der Waals surface area contributed by atoms with Crippen LogP contribution in [0.5, 0.6) is 0 Å². The molecule has 5 nitrogen and oxygen atoms in total. The van der Waals surface area contributed by atoms with E-state index in [1.165, 1.54) is 0 Å². The lowest BCUT2D eigenvalue weighted by Crippen LogP contribution is -2.49. The molecule has 1 saturated carbocycles. The number of rotatable bonds is 5. The third-order valence-corrected chi connectivity index (χ3v) is 4.72. The van der Waals surface area contributed by atoms with E-state index >= 15 is 0 Å². The Kier molecular flexibility index (Phi) is 4.09. The summed E-state index contributed by atoms with van der Waals surface area (Å²) in [7, 11) is 0. The monoisotopic (exact) mass is 282 g/mol. The van der Waals surface area contributed by atoms with Crippen molar-refractivity contribution in [1.82, 2.24) is 10.6 Å². The van der Waals surface area contributed by atoms with Gasteiger partial charge < -0.3 is 15.7 Å². The van der Waals surface area contributed by atoms with Crippen LogP contribution in [-0.2, 0) is 4.79 Å². The largest absolute Gasteiger partial charge is 0.481 e. The molecular weight excluding hydrogens is 264 g/mol. The minimum Gasteiger partial charge on any atom is -0.481 e. The van der Waals surface area contributed by atoms with E-state index in [0.29, 0.717) is 12.8 Å². The number of thiophene rings is 1. The maximum absolute atomic E-state index is 11.7. The second-order valence-corrected chi connectivity index (χ2v) is 5.98. The maximum atomic E-state index is 11.7. The molecule has 0 saturated heterocycles. The number of carboxylic acids is 1. The first-order valence-corrected chi connectivity index (χ1v) is 7.23. The summed E-state index contributed by atoms with van der Waals surface area (Å²) in [6.07, 6.45) is 2.20. The third kappa shape index (κ3) is 3.07. The van der Waals surface area contributed by atoms with Crippen LogP contribution < -0.4 is 10.6 Å². The fraction of sp³-hybridized carbons (Fsp3) is 0.538. The number of hydrogen-bond donors (Lipinski definition) is 3. The third-order valence-electron chi connectivity index (χ3n) is 3.67. The van der Waals surface area contributed by atoms with Crippen LogP contribution in [0, 0.1) is 5.41 Å². The second kappa shape index (κ2) is 5.61. The van der Waals surface area contributed by atoms with Crippen LogP contribution in [0.3, 0.4) is 0 Å². The quantitative estimate of drug-likeness (QED) is 0.775. The topological polar surface area (TPSA) is 78.4 Å². The Morgan fingerprint density at radius 3 is 2.74 bits per heavy atom. The van der Waals surface area contributed by atoms with Crippen molar-refractivity contribution in [2.75, 3.05) is 6.54 Å². The lowest BCUT2D eigenvalue weighted by molar-refractivity contribution is -0.153. The number of nitrogens with one attached hydrogen (secondary N) is 2. The van der Waals surface area contributed by atoms with Crippen molar-refractivity contribution in [3.8, 4) is 0 Å². The molecule has 1 aliphatic carbocycles. The Morgan fingerprint density at radius 2 is 2.26 bits per heavy atom.